The number of hydrogen-bond acceptors (Lipinski definition) is 4. The van der Waals surface area contributed by atoms with Crippen LogP contribution < -0.4 is 5.73 Å². The first-order chi connectivity index (χ1) is 11.8. The second-order valence-corrected chi connectivity index (χ2v) is 7.90. The Morgan fingerprint density at radius 1 is 1.04 bits per heavy atom. The number of nitrogens with two attached hydrogens (primary N) is 1. The predicted octanol–water partition coefficient (Wildman–Crippen LogP) is 2.84. The Hall–Kier alpha value is -1.92. The lowest BCUT2D eigenvalue weighted by molar-refractivity contribution is -0.159. The van der Waals surface area contributed by atoms with Crippen molar-refractivity contribution in [2.45, 2.75) is 66.0 Å². The second-order valence-electron chi connectivity index (χ2n) is 7.90. The highest BCUT2D eigenvalue weighted by Crippen LogP contribution is 2.29. The SMILES string of the molecule is Cc1ccc(CC(C)(C)C(O)CC(N)CC(C)C)cc1.O=C(O)C(=O)O. The fraction of sp³-hybridized carbons (Fsp3) is 0.600. The quantitative estimate of drug-likeness (QED) is 0.550. The van der Waals surface area contributed by atoms with Crippen LogP contribution in [-0.4, -0.2) is 39.4 Å². The van der Waals surface area contributed by atoms with E-state index in [0.717, 1.165) is 12.8 Å². The molecule has 6 nitrogen and oxygen atoms in total. The molecule has 6 heteroatoms. The number of carboxylic acids is 2. The van der Waals surface area contributed by atoms with E-state index in [0.29, 0.717) is 12.3 Å². The van der Waals surface area contributed by atoms with Gasteiger partial charge in [0.2, 0.25) is 0 Å². The number of carbonyl (C=O) groups is 2. The van der Waals surface area contributed by atoms with Gasteiger partial charge in [-0.1, -0.05) is 57.5 Å². The molecule has 0 bridgehead atoms. The Morgan fingerprint density at radius 2 is 1.50 bits per heavy atom. The molecular weight excluding hydrogens is 334 g/mol. The number of aryl methyl sites for hydroxylation is 1. The van der Waals surface area contributed by atoms with Crippen molar-refractivity contribution < 1.29 is 24.9 Å². The van der Waals surface area contributed by atoms with Gasteiger partial charge in [0, 0.05) is 6.04 Å². The maximum Gasteiger partial charge on any atom is 0.414 e. The van der Waals surface area contributed by atoms with E-state index in [9.17, 15) is 5.11 Å². The number of carboxylic acid groups (broad SMARTS) is 2. The van der Waals surface area contributed by atoms with Gasteiger partial charge in [-0.15, -0.1) is 0 Å². The molecule has 0 heterocycles. The van der Waals surface area contributed by atoms with Gasteiger partial charge in [-0.25, -0.2) is 9.59 Å². The van der Waals surface area contributed by atoms with E-state index >= 15 is 0 Å². The average molecular weight is 367 g/mol. The summed E-state index contributed by atoms with van der Waals surface area (Å²) in [6.45, 7) is 10.7. The molecule has 0 spiro atoms. The van der Waals surface area contributed by atoms with Crippen LogP contribution in [0.3, 0.4) is 0 Å². The Balaban J connectivity index is 0.000000896. The maximum absolute atomic E-state index is 10.5. The molecule has 0 saturated carbocycles. The molecule has 1 rings (SSSR count). The first-order valence-electron chi connectivity index (χ1n) is 8.80. The lowest BCUT2D eigenvalue weighted by Crippen LogP contribution is -2.37. The number of aliphatic hydroxyl groups excluding tert-OH is 1. The van der Waals surface area contributed by atoms with Crippen LogP contribution in [0.1, 0.15) is 51.7 Å². The van der Waals surface area contributed by atoms with Crippen molar-refractivity contribution in [1.29, 1.82) is 0 Å². The molecule has 1 aromatic rings. The number of aliphatic hydroxyl groups is 1. The van der Waals surface area contributed by atoms with Crippen LogP contribution in [0, 0.1) is 18.3 Å². The minimum absolute atomic E-state index is 0.0855. The summed E-state index contributed by atoms with van der Waals surface area (Å²) in [7, 11) is 0. The van der Waals surface area contributed by atoms with Crippen molar-refractivity contribution in [3.63, 3.8) is 0 Å². The first-order valence-corrected chi connectivity index (χ1v) is 8.80. The molecule has 1 aromatic carbocycles. The Labute approximate surface area is 156 Å². The van der Waals surface area contributed by atoms with E-state index in [1.54, 1.807) is 0 Å². The predicted molar refractivity (Wildman–Crippen MR) is 102 cm³/mol. The summed E-state index contributed by atoms with van der Waals surface area (Å²) in [5, 5.41) is 25.3. The standard InChI is InChI=1S/C18H31NO.C2H2O4/c1-13(2)10-16(19)11-17(20)18(4,5)12-15-8-6-14(3)7-9-15;3-1(4)2(5)6/h6-9,13,16-17,20H,10-12,19H2,1-5H3;(H,3,4)(H,5,6). The molecule has 0 aliphatic carbocycles. The van der Waals surface area contributed by atoms with Gasteiger partial charge >= 0.3 is 11.9 Å². The molecule has 2 unspecified atom stereocenters. The lowest BCUT2D eigenvalue weighted by Gasteiger charge is -2.32. The van der Waals surface area contributed by atoms with Gasteiger partial charge in [0.05, 0.1) is 6.10 Å². The van der Waals surface area contributed by atoms with Crippen LogP contribution in [0.5, 0.6) is 0 Å². The van der Waals surface area contributed by atoms with E-state index in [2.05, 4.69) is 58.9 Å². The summed E-state index contributed by atoms with van der Waals surface area (Å²) in [6.07, 6.45) is 2.16. The summed E-state index contributed by atoms with van der Waals surface area (Å²) in [6, 6.07) is 8.64. The highest BCUT2D eigenvalue weighted by molar-refractivity contribution is 6.27. The normalized spacial score (nSPS) is 13.5. The van der Waals surface area contributed by atoms with Crippen LogP contribution in [0.15, 0.2) is 24.3 Å². The lowest BCUT2D eigenvalue weighted by atomic mass is 9.77. The van der Waals surface area contributed by atoms with Gasteiger partial charge in [-0.2, -0.15) is 0 Å². The molecule has 2 atom stereocenters. The van der Waals surface area contributed by atoms with Crippen LogP contribution in [0.25, 0.3) is 0 Å². The number of hydrogen-bond donors (Lipinski definition) is 4. The van der Waals surface area contributed by atoms with Gasteiger partial charge < -0.3 is 21.1 Å². The fourth-order valence-corrected chi connectivity index (χ4v) is 2.66. The van der Waals surface area contributed by atoms with Crippen molar-refractivity contribution in [2.24, 2.45) is 17.1 Å². The maximum atomic E-state index is 10.5. The number of aliphatic carboxylic acids is 2. The molecule has 0 saturated heterocycles. The monoisotopic (exact) mass is 367 g/mol. The van der Waals surface area contributed by atoms with Gasteiger partial charge in [0.15, 0.2) is 0 Å². The zero-order valence-electron chi connectivity index (χ0n) is 16.4. The fourth-order valence-electron chi connectivity index (χ4n) is 2.66. The third kappa shape index (κ3) is 10.2. The highest BCUT2D eigenvalue weighted by atomic mass is 16.4. The molecule has 0 aliphatic heterocycles. The minimum atomic E-state index is -1.82. The molecule has 0 aromatic heterocycles. The van der Waals surface area contributed by atoms with Crippen LogP contribution in [0.2, 0.25) is 0 Å². The smallest absolute Gasteiger partial charge is 0.414 e. The van der Waals surface area contributed by atoms with Crippen LogP contribution in [0.4, 0.5) is 0 Å². The first kappa shape index (κ1) is 24.1. The van der Waals surface area contributed by atoms with Crippen molar-refractivity contribution in [1.82, 2.24) is 0 Å². The summed E-state index contributed by atoms with van der Waals surface area (Å²) < 4.78 is 0. The molecule has 5 N–H and O–H groups in total. The topological polar surface area (TPSA) is 121 Å². The molecular formula is C20H33NO5. The molecule has 0 radical (unpaired) electrons. The summed E-state index contributed by atoms with van der Waals surface area (Å²) in [4.78, 5) is 18.2. The van der Waals surface area contributed by atoms with E-state index in [1.807, 2.05) is 0 Å². The summed E-state index contributed by atoms with van der Waals surface area (Å²) in [5.74, 6) is -3.07. The zero-order chi connectivity index (χ0) is 20.5. The van der Waals surface area contributed by atoms with E-state index < -0.39 is 11.9 Å². The van der Waals surface area contributed by atoms with Crippen molar-refractivity contribution >= 4 is 11.9 Å². The Morgan fingerprint density at radius 3 is 1.88 bits per heavy atom. The van der Waals surface area contributed by atoms with Crippen molar-refractivity contribution in [3.8, 4) is 0 Å². The second kappa shape index (κ2) is 10.9. The molecule has 0 amide bonds. The van der Waals surface area contributed by atoms with Gasteiger partial charge in [0.25, 0.3) is 0 Å². The Kier molecular flexibility index (Phi) is 10.1. The third-order valence-corrected chi connectivity index (χ3v) is 4.17. The van der Waals surface area contributed by atoms with E-state index in [1.165, 1.54) is 11.1 Å². The number of benzene rings is 1. The highest BCUT2D eigenvalue weighted by Gasteiger charge is 2.29. The van der Waals surface area contributed by atoms with Crippen LogP contribution >= 0.6 is 0 Å². The largest absolute Gasteiger partial charge is 0.473 e. The average Bonchev–Trinajstić information content (AvgIpc) is 2.49. The molecule has 148 valence electrons. The number of rotatable bonds is 7. The zero-order valence-corrected chi connectivity index (χ0v) is 16.4. The van der Waals surface area contributed by atoms with Gasteiger partial charge in [0.1, 0.15) is 0 Å². The molecule has 26 heavy (non-hydrogen) atoms. The third-order valence-electron chi connectivity index (χ3n) is 4.17. The van der Waals surface area contributed by atoms with Crippen molar-refractivity contribution in [2.75, 3.05) is 0 Å². The van der Waals surface area contributed by atoms with Crippen molar-refractivity contribution in [3.05, 3.63) is 35.4 Å². The Bertz CT molecular complexity index is 554. The van der Waals surface area contributed by atoms with E-state index in [4.69, 9.17) is 25.5 Å². The van der Waals surface area contributed by atoms with Gasteiger partial charge in [-0.3, -0.25) is 0 Å². The summed E-state index contributed by atoms with van der Waals surface area (Å²) >= 11 is 0. The van der Waals surface area contributed by atoms with Gasteiger partial charge in [-0.05, 0) is 43.1 Å². The molecule has 0 fully saturated rings. The molecule has 0 aliphatic rings. The van der Waals surface area contributed by atoms with Crippen LogP contribution in [-0.2, 0) is 16.0 Å². The minimum Gasteiger partial charge on any atom is -0.473 e. The van der Waals surface area contributed by atoms with E-state index in [-0.39, 0.29) is 17.6 Å². The summed E-state index contributed by atoms with van der Waals surface area (Å²) in [5.41, 5.74) is 8.52.